The first-order valence-electron chi connectivity index (χ1n) is 8.97. The highest BCUT2D eigenvalue weighted by atomic mass is 35.5. The van der Waals surface area contributed by atoms with Crippen LogP contribution < -0.4 is 4.72 Å². The van der Waals surface area contributed by atoms with Crippen molar-refractivity contribution in [2.45, 2.75) is 38.1 Å². The average molecular weight is 431 g/mol. The number of sulfonamides is 1. The van der Waals surface area contributed by atoms with E-state index in [1.807, 2.05) is 13.8 Å². The fourth-order valence-corrected chi connectivity index (χ4v) is 5.30. The summed E-state index contributed by atoms with van der Waals surface area (Å²) in [6.07, 6.45) is 1.89. The molecule has 148 valence electrons. The minimum Gasteiger partial charge on any atom is -0.466 e. The van der Waals surface area contributed by atoms with E-state index in [9.17, 15) is 8.42 Å². The lowest BCUT2D eigenvalue weighted by Gasteiger charge is -2.31. The summed E-state index contributed by atoms with van der Waals surface area (Å²) in [5.74, 6) is 2.22. The van der Waals surface area contributed by atoms with Crippen LogP contribution in [0.3, 0.4) is 0 Å². The molecule has 0 amide bonds. The molecule has 1 aliphatic rings. The largest absolute Gasteiger partial charge is 0.466 e. The summed E-state index contributed by atoms with van der Waals surface area (Å²) in [7, 11) is -3.67. The molecule has 27 heavy (non-hydrogen) atoms. The third-order valence-corrected chi connectivity index (χ3v) is 7.13. The van der Waals surface area contributed by atoms with E-state index in [1.165, 1.54) is 17.7 Å². The standard InChI is InChI=1S/C19H24Cl2N2O3S/c1-13-9-16(14(2)26-13)12-23-7-5-15(6-8-23)11-22-27(24,25)19-10-17(20)3-4-18(19)21/h3-4,9-10,15,22H,5-8,11-12H2,1-2H3. The molecule has 0 spiro atoms. The molecule has 8 heteroatoms. The predicted octanol–water partition coefficient (Wildman–Crippen LogP) is 4.39. The molecule has 5 nitrogen and oxygen atoms in total. The number of hydrogen-bond donors (Lipinski definition) is 1. The van der Waals surface area contributed by atoms with Gasteiger partial charge in [-0.05, 0) is 70.0 Å². The van der Waals surface area contributed by atoms with Crippen molar-refractivity contribution in [3.8, 4) is 0 Å². The van der Waals surface area contributed by atoms with Crippen LogP contribution in [-0.2, 0) is 16.6 Å². The first-order chi connectivity index (χ1) is 12.7. The van der Waals surface area contributed by atoms with Crippen LogP contribution in [0.1, 0.15) is 29.9 Å². The smallest absolute Gasteiger partial charge is 0.242 e. The van der Waals surface area contributed by atoms with Gasteiger partial charge in [-0.1, -0.05) is 23.2 Å². The molecule has 1 aromatic heterocycles. The number of benzene rings is 1. The lowest BCUT2D eigenvalue weighted by Crippen LogP contribution is -2.38. The number of halogens is 2. The Morgan fingerprint density at radius 1 is 1.19 bits per heavy atom. The van der Waals surface area contributed by atoms with Crippen LogP contribution in [0.4, 0.5) is 0 Å². The van der Waals surface area contributed by atoms with Crippen LogP contribution in [0.5, 0.6) is 0 Å². The molecule has 1 aromatic carbocycles. The molecule has 0 bridgehead atoms. The van der Waals surface area contributed by atoms with Crippen LogP contribution in [0, 0.1) is 19.8 Å². The molecule has 0 aliphatic carbocycles. The van der Waals surface area contributed by atoms with E-state index in [0.717, 1.165) is 44.0 Å². The molecule has 0 saturated carbocycles. The van der Waals surface area contributed by atoms with Gasteiger partial charge < -0.3 is 4.42 Å². The van der Waals surface area contributed by atoms with Crippen LogP contribution in [0.25, 0.3) is 0 Å². The molecule has 0 atom stereocenters. The number of nitrogens with one attached hydrogen (secondary N) is 1. The fraction of sp³-hybridized carbons (Fsp3) is 0.474. The monoisotopic (exact) mass is 430 g/mol. The molecule has 1 fully saturated rings. The second-order valence-corrected chi connectivity index (χ2v) is 9.66. The predicted molar refractivity (Wildman–Crippen MR) is 108 cm³/mol. The zero-order valence-corrected chi connectivity index (χ0v) is 17.8. The Hall–Kier alpha value is -1.05. The molecule has 1 aliphatic heterocycles. The molecule has 3 rings (SSSR count). The van der Waals surface area contributed by atoms with Gasteiger partial charge in [-0.3, -0.25) is 4.90 Å². The lowest BCUT2D eigenvalue weighted by atomic mass is 9.97. The van der Waals surface area contributed by atoms with Crippen LogP contribution >= 0.6 is 23.2 Å². The molecule has 1 N–H and O–H groups in total. The summed E-state index contributed by atoms with van der Waals surface area (Å²) < 4.78 is 33.3. The molecule has 2 heterocycles. The Kier molecular flexibility index (Phi) is 6.54. The number of rotatable bonds is 6. The normalized spacial score (nSPS) is 16.7. The highest BCUT2D eigenvalue weighted by molar-refractivity contribution is 7.89. The molecule has 1 saturated heterocycles. The minimum absolute atomic E-state index is 0.0277. The van der Waals surface area contributed by atoms with Crippen molar-refractivity contribution in [2.75, 3.05) is 19.6 Å². The van der Waals surface area contributed by atoms with E-state index in [-0.39, 0.29) is 9.92 Å². The number of likely N-dealkylation sites (tertiary alicyclic amines) is 1. The number of hydrogen-bond acceptors (Lipinski definition) is 4. The molecule has 2 aromatic rings. The Morgan fingerprint density at radius 3 is 2.52 bits per heavy atom. The third-order valence-electron chi connectivity index (χ3n) is 4.99. The van der Waals surface area contributed by atoms with Crippen molar-refractivity contribution < 1.29 is 12.8 Å². The number of furan rings is 1. The van der Waals surface area contributed by atoms with Crippen molar-refractivity contribution in [1.29, 1.82) is 0 Å². The van der Waals surface area contributed by atoms with Gasteiger partial charge in [0.05, 0.1) is 5.02 Å². The van der Waals surface area contributed by atoms with Crippen molar-refractivity contribution in [2.24, 2.45) is 5.92 Å². The van der Waals surface area contributed by atoms with Crippen molar-refractivity contribution in [3.63, 3.8) is 0 Å². The second kappa shape index (κ2) is 8.53. The lowest BCUT2D eigenvalue weighted by molar-refractivity contribution is 0.178. The van der Waals surface area contributed by atoms with Crippen molar-refractivity contribution in [1.82, 2.24) is 9.62 Å². The van der Waals surface area contributed by atoms with Crippen molar-refractivity contribution in [3.05, 3.63) is 51.4 Å². The Bertz CT molecular complexity index is 904. The number of nitrogens with zero attached hydrogens (tertiary/aromatic N) is 1. The van der Waals surface area contributed by atoms with Gasteiger partial charge in [0.1, 0.15) is 16.4 Å². The van der Waals surface area contributed by atoms with Gasteiger partial charge in [0.25, 0.3) is 0 Å². The summed E-state index contributed by atoms with van der Waals surface area (Å²) in [6, 6.07) is 6.53. The second-order valence-electron chi connectivity index (χ2n) is 7.08. The minimum atomic E-state index is -3.67. The van der Waals surface area contributed by atoms with Gasteiger partial charge in [-0.15, -0.1) is 0 Å². The molecular weight excluding hydrogens is 407 g/mol. The molecule has 0 unspecified atom stereocenters. The summed E-state index contributed by atoms with van der Waals surface area (Å²) in [4.78, 5) is 2.41. The topological polar surface area (TPSA) is 62.6 Å². The van der Waals surface area contributed by atoms with E-state index in [4.69, 9.17) is 27.6 Å². The summed E-state index contributed by atoms with van der Waals surface area (Å²) in [5.41, 5.74) is 1.22. The first-order valence-corrected chi connectivity index (χ1v) is 11.2. The van der Waals surface area contributed by atoms with Gasteiger partial charge in [-0.2, -0.15) is 0 Å². The van der Waals surface area contributed by atoms with Gasteiger partial charge in [0, 0.05) is 23.7 Å². The first kappa shape index (κ1) is 20.7. The van der Waals surface area contributed by atoms with Crippen molar-refractivity contribution >= 4 is 33.2 Å². The Morgan fingerprint density at radius 2 is 1.89 bits per heavy atom. The fourth-order valence-electron chi connectivity index (χ4n) is 3.42. The van der Waals surface area contributed by atoms with Gasteiger partial charge in [0.15, 0.2) is 0 Å². The summed E-state index contributed by atoms with van der Waals surface area (Å²) in [5, 5.41) is 0.519. The van der Waals surface area contributed by atoms with E-state index in [0.29, 0.717) is 17.5 Å². The zero-order valence-electron chi connectivity index (χ0n) is 15.5. The maximum absolute atomic E-state index is 12.5. The quantitative estimate of drug-likeness (QED) is 0.737. The van der Waals surface area contributed by atoms with E-state index >= 15 is 0 Å². The van der Waals surface area contributed by atoms with Crippen LogP contribution in [0.15, 0.2) is 33.6 Å². The molecular formula is C19H24Cl2N2O3S. The van der Waals surface area contributed by atoms with Crippen LogP contribution in [0.2, 0.25) is 10.0 Å². The van der Waals surface area contributed by atoms with E-state index < -0.39 is 10.0 Å². The van der Waals surface area contributed by atoms with Gasteiger partial charge >= 0.3 is 0 Å². The maximum atomic E-state index is 12.5. The average Bonchev–Trinajstić information content (AvgIpc) is 2.93. The highest BCUT2D eigenvalue weighted by Crippen LogP contribution is 2.26. The number of aryl methyl sites for hydroxylation is 2. The SMILES string of the molecule is Cc1cc(CN2CCC(CNS(=O)(=O)c3cc(Cl)ccc3Cl)CC2)c(C)o1. The number of piperidine rings is 1. The summed E-state index contributed by atoms with van der Waals surface area (Å²) in [6.45, 7) is 7.11. The maximum Gasteiger partial charge on any atom is 0.242 e. The highest BCUT2D eigenvalue weighted by Gasteiger charge is 2.24. The van der Waals surface area contributed by atoms with Gasteiger partial charge in [-0.25, -0.2) is 13.1 Å². The Labute approximate surface area is 170 Å². The van der Waals surface area contributed by atoms with Crippen LogP contribution in [-0.4, -0.2) is 33.0 Å². The van der Waals surface area contributed by atoms with E-state index in [1.54, 1.807) is 6.07 Å². The Balaban J connectivity index is 1.52. The third kappa shape index (κ3) is 5.27. The zero-order chi connectivity index (χ0) is 19.6. The molecule has 0 radical (unpaired) electrons. The van der Waals surface area contributed by atoms with E-state index in [2.05, 4.69) is 15.7 Å². The van der Waals surface area contributed by atoms with Gasteiger partial charge in [0.2, 0.25) is 10.0 Å². The summed E-state index contributed by atoms with van der Waals surface area (Å²) >= 11 is 11.9.